The van der Waals surface area contributed by atoms with E-state index in [4.69, 9.17) is 4.74 Å². The lowest BCUT2D eigenvalue weighted by Gasteiger charge is -2.29. The van der Waals surface area contributed by atoms with E-state index in [2.05, 4.69) is 11.7 Å². The van der Waals surface area contributed by atoms with Crippen LogP contribution in [0.15, 0.2) is 72.8 Å². The molecule has 1 aliphatic carbocycles. The van der Waals surface area contributed by atoms with Crippen LogP contribution in [0.5, 0.6) is 11.5 Å². The molecule has 1 aliphatic rings. The van der Waals surface area contributed by atoms with Gasteiger partial charge in [0.1, 0.15) is 11.5 Å². The summed E-state index contributed by atoms with van der Waals surface area (Å²) in [5.41, 5.74) is 1.58. The van der Waals surface area contributed by atoms with Gasteiger partial charge in [-0.15, -0.1) is 13.2 Å². The Balaban J connectivity index is 1.42. The van der Waals surface area contributed by atoms with Gasteiger partial charge in [0.2, 0.25) is 0 Å². The molecule has 0 N–H and O–H groups in total. The molecule has 0 aliphatic heterocycles. The van der Waals surface area contributed by atoms with Crippen LogP contribution in [0.2, 0.25) is 0 Å². The highest BCUT2D eigenvalue weighted by molar-refractivity contribution is 5.71. The van der Waals surface area contributed by atoms with E-state index in [0.717, 1.165) is 36.5 Å². The highest BCUT2D eigenvalue weighted by Gasteiger charge is 2.36. The van der Waals surface area contributed by atoms with Crippen molar-refractivity contribution in [3.05, 3.63) is 83.9 Å². The molecular weight excluding hydrogens is 499 g/mol. The fraction of sp³-hybridized carbons (Fsp3) is 0.419. The lowest BCUT2D eigenvalue weighted by atomic mass is 9.77. The highest BCUT2D eigenvalue weighted by Crippen LogP contribution is 2.41. The number of alkyl halides is 5. The van der Waals surface area contributed by atoms with Crippen LogP contribution < -0.4 is 9.47 Å². The van der Waals surface area contributed by atoms with E-state index in [1.165, 1.54) is 68.9 Å². The largest absolute Gasteiger partial charge is 0.573 e. The Morgan fingerprint density at radius 2 is 1.39 bits per heavy atom. The molecule has 1 saturated carbocycles. The Morgan fingerprint density at radius 1 is 0.737 bits per heavy atom. The van der Waals surface area contributed by atoms with Gasteiger partial charge in [-0.1, -0.05) is 75.1 Å². The van der Waals surface area contributed by atoms with Gasteiger partial charge < -0.3 is 9.47 Å². The second kappa shape index (κ2) is 12.2. The second-order valence-corrected chi connectivity index (χ2v) is 10.0. The number of hydrogen-bond acceptors (Lipinski definition) is 2. The van der Waals surface area contributed by atoms with Gasteiger partial charge in [0.05, 0.1) is 5.56 Å². The van der Waals surface area contributed by atoms with E-state index >= 15 is 8.78 Å². The summed E-state index contributed by atoms with van der Waals surface area (Å²) >= 11 is 0. The molecule has 3 aromatic rings. The summed E-state index contributed by atoms with van der Waals surface area (Å²) in [6, 6.07) is 17.6. The zero-order valence-corrected chi connectivity index (χ0v) is 21.4. The van der Waals surface area contributed by atoms with Gasteiger partial charge >= 0.3 is 12.5 Å². The zero-order valence-electron chi connectivity index (χ0n) is 21.4. The Kier molecular flexibility index (Phi) is 8.95. The van der Waals surface area contributed by atoms with Gasteiger partial charge in [-0.2, -0.15) is 8.78 Å². The molecule has 0 unspecified atom stereocenters. The SMILES string of the molecule is CCCCCC1CCC(c2ccc(C(F)(F)Oc3ccccc3-c3ccc(OC(F)(F)F)cc3)cc2)CC1. The predicted octanol–water partition coefficient (Wildman–Crippen LogP) is 10.2. The van der Waals surface area contributed by atoms with Gasteiger partial charge in [0, 0.05) is 5.56 Å². The average Bonchev–Trinajstić information content (AvgIpc) is 2.89. The van der Waals surface area contributed by atoms with Crippen molar-refractivity contribution >= 4 is 0 Å². The first-order valence-corrected chi connectivity index (χ1v) is 13.3. The van der Waals surface area contributed by atoms with Crippen molar-refractivity contribution in [1.82, 2.24) is 0 Å². The number of ether oxygens (including phenoxy) is 2. The third-order valence-electron chi connectivity index (χ3n) is 7.30. The Hall–Kier alpha value is -3.09. The number of halogens is 5. The van der Waals surface area contributed by atoms with Crippen molar-refractivity contribution < 1.29 is 31.4 Å². The van der Waals surface area contributed by atoms with E-state index in [-0.39, 0.29) is 11.3 Å². The van der Waals surface area contributed by atoms with Crippen LogP contribution in [0, 0.1) is 5.92 Å². The maximum absolute atomic E-state index is 15.2. The summed E-state index contributed by atoms with van der Waals surface area (Å²) in [5.74, 6) is 0.705. The molecule has 0 bridgehead atoms. The van der Waals surface area contributed by atoms with Crippen molar-refractivity contribution in [3.63, 3.8) is 0 Å². The van der Waals surface area contributed by atoms with E-state index in [9.17, 15) is 13.2 Å². The molecule has 204 valence electrons. The van der Waals surface area contributed by atoms with Crippen molar-refractivity contribution in [2.75, 3.05) is 0 Å². The smallest absolute Gasteiger partial charge is 0.428 e. The summed E-state index contributed by atoms with van der Waals surface area (Å²) in [7, 11) is 0. The van der Waals surface area contributed by atoms with Crippen molar-refractivity contribution in [1.29, 1.82) is 0 Å². The molecule has 0 saturated heterocycles. The van der Waals surface area contributed by atoms with Crippen LogP contribution >= 0.6 is 0 Å². The average molecular weight is 533 g/mol. The number of unbranched alkanes of at least 4 members (excludes halogenated alkanes) is 2. The van der Waals surface area contributed by atoms with Crippen LogP contribution in [0.1, 0.15) is 75.3 Å². The fourth-order valence-electron chi connectivity index (χ4n) is 5.24. The summed E-state index contributed by atoms with van der Waals surface area (Å²) in [6.45, 7) is 2.22. The predicted molar refractivity (Wildman–Crippen MR) is 138 cm³/mol. The van der Waals surface area contributed by atoms with Gasteiger partial charge in [0.15, 0.2) is 0 Å². The monoisotopic (exact) mass is 532 g/mol. The Labute approximate surface area is 220 Å². The molecule has 1 fully saturated rings. The molecule has 4 rings (SSSR count). The van der Waals surface area contributed by atoms with Crippen LogP contribution in [-0.2, 0) is 6.11 Å². The molecule has 38 heavy (non-hydrogen) atoms. The molecule has 0 amide bonds. The van der Waals surface area contributed by atoms with Crippen LogP contribution in [0.3, 0.4) is 0 Å². The molecule has 0 heterocycles. The quantitative estimate of drug-likeness (QED) is 0.191. The first-order chi connectivity index (χ1) is 18.1. The molecule has 7 heteroatoms. The first-order valence-electron chi connectivity index (χ1n) is 13.3. The fourth-order valence-corrected chi connectivity index (χ4v) is 5.24. The van der Waals surface area contributed by atoms with Crippen molar-refractivity contribution in [2.24, 2.45) is 5.92 Å². The van der Waals surface area contributed by atoms with Gasteiger partial charge in [-0.05, 0) is 79.0 Å². The number of hydrogen-bond donors (Lipinski definition) is 0. The van der Waals surface area contributed by atoms with E-state index in [1.54, 1.807) is 30.3 Å². The van der Waals surface area contributed by atoms with Crippen molar-refractivity contribution in [3.8, 4) is 22.6 Å². The summed E-state index contributed by atoms with van der Waals surface area (Å²) in [6.07, 6.45) is 1.24. The summed E-state index contributed by atoms with van der Waals surface area (Å²) in [5, 5.41) is 0. The molecule has 2 nitrogen and oxygen atoms in total. The van der Waals surface area contributed by atoms with E-state index < -0.39 is 18.2 Å². The van der Waals surface area contributed by atoms with Gasteiger partial charge in [-0.25, -0.2) is 0 Å². The lowest BCUT2D eigenvalue weighted by Crippen LogP contribution is -2.22. The summed E-state index contributed by atoms with van der Waals surface area (Å²) < 4.78 is 76.8. The van der Waals surface area contributed by atoms with Crippen LogP contribution in [-0.4, -0.2) is 6.36 Å². The Bertz CT molecular complexity index is 1150. The molecule has 3 aromatic carbocycles. The van der Waals surface area contributed by atoms with Gasteiger partial charge in [-0.3, -0.25) is 0 Å². The maximum atomic E-state index is 15.2. The molecule has 0 aromatic heterocycles. The normalized spacial score (nSPS) is 18.3. The van der Waals surface area contributed by atoms with Crippen LogP contribution in [0.25, 0.3) is 11.1 Å². The second-order valence-electron chi connectivity index (χ2n) is 10.0. The van der Waals surface area contributed by atoms with Crippen LogP contribution in [0.4, 0.5) is 22.0 Å². The Morgan fingerprint density at radius 3 is 2.03 bits per heavy atom. The third kappa shape index (κ3) is 7.49. The maximum Gasteiger partial charge on any atom is 0.573 e. The number of rotatable bonds is 10. The number of benzene rings is 3. The minimum absolute atomic E-state index is 0.0764. The number of para-hydroxylation sites is 1. The molecular formula is C31H33F5O2. The highest BCUT2D eigenvalue weighted by atomic mass is 19.4. The minimum Gasteiger partial charge on any atom is -0.428 e. The van der Waals surface area contributed by atoms with E-state index in [0.29, 0.717) is 17.0 Å². The van der Waals surface area contributed by atoms with Gasteiger partial charge in [0.25, 0.3) is 0 Å². The molecule has 0 atom stereocenters. The zero-order chi connectivity index (χ0) is 27.2. The van der Waals surface area contributed by atoms with E-state index in [1.807, 2.05) is 0 Å². The summed E-state index contributed by atoms with van der Waals surface area (Å²) in [4.78, 5) is 0. The lowest BCUT2D eigenvalue weighted by molar-refractivity contribution is -0.274. The molecule has 0 radical (unpaired) electrons. The standard InChI is InChI=1S/C31H33F5O2/c1-2-3-4-7-22-10-12-23(13-11-22)24-14-18-26(19-15-24)30(32,33)38-29-9-6-5-8-28(29)25-16-20-27(21-17-25)37-31(34,35)36/h5-6,8-9,14-23H,2-4,7,10-13H2,1H3. The minimum atomic E-state index is -4.81. The van der Waals surface area contributed by atoms with Crippen molar-refractivity contribution in [2.45, 2.75) is 76.7 Å². The first kappa shape index (κ1) is 27.9. The topological polar surface area (TPSA) is 18.5 Å². The molecule has 0 spiro atoms. The third-order valence-corrected chi connectivity index (χ3v) is 7.30.